The molecule has 0 radical (unpaired) electrons. The fourth-order valence-electron chi connectivity index (χ4n) is 5.30. The number of carbonyl (C=O) groups is 3. The largest absolute Gasteiger partial charge is 0.338 e. The van der Waals surface area contributed by atoms with E-state index in [9.17, 15) is 14.4 Å². The van der Waals surface area contributed by atoms with Crippen LogP contribution < -0.4 is 5.32 Å². The molecule has 8 nitrogen and oxygen atoms in total. The van der Waals surface area contributed by atoms with Crippen molar-refractivity contribution in [1.82, 2.24) is 25.0 Å². The van der Waals surface area contributed by atoms with Crippen LogP contribution in [0.25, 0.3) is 0 Å². The Morgan fingerprint density at radius 2 is 1.85 bits per heavy atom. The van der Waals surface area contributed by atoms with Crippen molar-refractivity contribution in [2.24, 2.45) is 0 Å². The molecule has 3 aliphatic rings. The van der Waals surface area contributed by atoms with Crippen molar-refractivity contribution in [1.29, 1.82) is 0 Å². The normalized spacial score (nSPS) is 23.1. The van der Waals surface area contributed by atoms with Gasteiger partial charge in [-0.25, -0.2) is 4.79 Å². The molecule has 1 atom stereocenters. The second-order valence-corrected chi connectivity index (χ2v) is 9.24. The Labute approximate surface area is 193 Å². The van der Waals surface area contributed by atoms with Gasteiger partial charge in [-0.3, -0.25) is 24.4 Å². The van der Waals surface area contributed by atoms with Crippen LogP contribution in [-0.2, 0) is 11.3 Å². The number of imide groups is 1. The van der Waals surface area contributed by atoms with Gasteiger partial charge in [-0.1, -0.05) is 24.3 Å². The number of benzene rings is 1. The van der Waals surface area contributed by atoms with Crippen molar-refractivity contribution in [2.75, 3.05) is 26.2 Å². The van der Waals surface area contributed by atoms with E-state index in [1.807, 2.05) is 36.5 Å². The van der Waals surface area contributed by atoms with Gasteiger partial charge >= 0.3 is 6.03 Å². The first-order valence-electron chi connectivity index (χ1n) is 11.7. The SMILES string of the molecule is O=C(c1ccccc1)N1CCC2(CC1)NC(=O)N([C@@H]1CCCN(Cc3cccnc3)C1)C2=O. The molecule has 1 aromatic carbocycles. The van der Waals surface area contributed by atoms with Crippen LogP contribution in [0.3, 0.4) is 0 Å². The minimum atomic E-state index is -0.893. The van der Waals surface area contributed by atoms with E-state index >= 15 is 0 Å². The summed E-state index contributed by atoms with van der Waals surface area (Å²) in [5.74, 6) is -0.162. The molecule has 3 aliphatic heterocycles. The molecule has 3 saturated heterocycles. The highest BCUT2D eigenvalue weighted by Crippen LogP contribution is 2.33. The second kappa shape index (κ2) is 8.94. The maximum atomic E-state index is 13.5. The summed E-state index contributed by atoms with van der Waals surface area (Å²) in [4.78, 5) is 48.9. The Bertz CT molecular complexity index is 1020. The number of rotatable bonds is 4. The molecule has 4 heterocycles. The van der Waals surface area contributed by atoms with Gasteiger partial charge in [0.2, 0.25) is 0 Å². The summed E-state index contributed by atoms with van der Waals surface area (Å²) in [7, 11) is 0. The standard InChI is InChI=1S/C25H29N5O3/c31-22(20-7-2-1-3-8-20)29-14-10-25(11-15-29)23(32)30(24(33)27-25)21-9-5-13-28(18-21)17-19-6-4-12-26-16-19/h1-4,6-8,12,16,21H,5,9-11,13-15,17-18H2,(H,27,33)/t21-/m1/s1. The average Bonchev–Trinajstić information content (AvgIpc) is 3.09. The van der Waals surface area contributed by atoms with Crippen LogP contribution in [0.15, 0.2) is 54.9 Å². The molecular formula is C25H29N5O3. The number of nitrogens with one attached hydrogen (secondary N) is 1. The van der Waals surface area contributed by atoms with E-state index in [0.29, 0.717) is 38.0 Å². The number of hydrogen-bond acceptors (Lipinski definition) is 5. The predicted octanol–water partition coefficient (Wildman–Crippen LogP) is 2.27. The molecule has 172 valence electrons. The van der Waals surface area contributed by atoms with Crippen LogP contribution in [0.5, 0.6) is 0 Å². The number of aromatic nitrogens is 1. The molecule has 33 heavy (non-hydrogen) atoms. The van der Waals surface area contributed by atoms with Crippen LogP contribution in [0.1, 0.15) is 41.6 Å². The summed E-state index contributed by atoms with van der Waals surface area (Å²) in [5, 5.41) is 3.00. The fraction of sp³-hybridized carbons (Fsp3) is 0.440. The summed E-state index contributed by atoms with van der Waals surface area (Å²) in [6, 6.07) is 12.7. The highest BCUT2D eigenvalue weighted by Gasteiger charge is 2.54. The summed E-state index contributed by atoms with van der Waals surface area (Å²) in [5.41, 5.74) is 0.881. The lowest BCUT2D eigenvalue weighted by Crippen LogP contribution is -2.56. The van der Waals surface area contributed by atoms with Gasteiger partial charge in [0.15, 0.2) is 0 Å². The Kier molecular flexibility index (Phi) is 5.85. The monoisotopic (exact) mass is 447 g/mol. The number of carbonyl (C=O) groups excluding carboxylic acids is 3. The molecule has 8 heteroatoms. The van der Waals surface area contributed by atoms with Gasteiger partial charge in [-0.15, -0.1) is 0 Å². The number of hydrogen-bond donors (Lipinski definition) is 1. The molecule has 1 N–H and O–H groups in total. The average molecular weight is 448 g/mol. The van der Waals surface area contributed by atoms with Gasteiger partial charge < -0.3 is 10.2 Å². The zero-order chi connectivity index (χ0) is 22.8. The molecule has 3 fully saturated rings. The smallest absolute Gasteiger partial charge is 0.325 e. The first-order chi connectivity index (χ1) is 16.1. The molecule has 0 aliphatic carbocycles. The highest BCUT2D eigenvalue weighted by atomic mass is 16.2. The number of likely N-dealkylation sites (tertiary alicyclic amines) is 2. The lowest BCUT2D eigenvalue weighted by molar-refractivity contribution is -0.135. The number of nitrogens with zero attached hydrogens (tertiary/aromatic N) is 4. The molecule has 1 spiro atoms. The molecular weight excluding hydrogens is 418 g/mol. The van der Waals surface area contributed by atoms with E-state index in [-0.39, 0.29) is 23.9 Å². The van der Waals surface area contributed by atoms with Crippen molar-refractivity contribution < 1.29 is 14.4 Å². The molecule has 0 unspecified atom stereocenters. The quantitative estimate of drug-likeness (QED) is 0.727. The van der Waals surface area contributed by atoms with E-state index in [2.05, 4.69) is 15.2 Å². The summed E-state index contributed by atoms with van der Waals surface area (Å²) >= 11 is 0. The van der Waals surface area contributed by atoms with Crippen molar-refractivity contribution in [3.05, 3.63) is 66.0 Å². The number of urea groups is 1. The fourth-order valence-corrected chi connectivity index (χ4v) is 5.30. The number of piperidine rings is 2. The molecule has 2 aromatic rings. The maximum absolute atomic E-state index is 13.5. The maximum Gasteiger partial charge on any atom is 0.325 e. The number of pyridine rings is 1. The van der Waals surface area contributed by atoms with Gasteiger partial charge in [0.05, 0.1) is 6.04 Å². The van der Waals surface area contributed by atoms with Crippen molar-refractivity contribution in [3.8, 4) is 0 Å². The molecule has 0 bridgehead atoms. The lowest BCUT2D eigenvalue weighted by atomic mass is 9.86. The highest BCUT2D eigenvalue weighted by molar-refractivity contribution is 6.07. The van der Waals surface area contributed by atoms with E-state index in [1.165, 1.54) is 4.90 Å². The first kappa shape index (κ1) is 21.6. The zero-order valence-corrected chi connectivity index (χ0v) is 18.7. The summed E-state index contributed by atoms with van der Waals surface area (Å²) < 4.78 is 0. The van der Waals surface area contributed by atoms with Crippen LogP contribution in [-0.4, -0.2) is 75.3 Å². The molecule has 1 aromatic heterocycles. The Balaban J connectivity index is 1.23. The number of amides is 4. The minimum absolute atomic E-state index is 0.0302. The van der Waals surface area contributed by atoms with Crippen LogP contribution >= 0.6 is 0 Å². The molecule has 4 amide bonds. The van der Waals surface area contributed by atoms with Crippen LogP contribution in [0.4, 0.5) is 4.79 Å². The van der Waals surface area contributed by atoms with Gasteiger partial charge in [0.25, 0.3) is 11.8 Å². The van der Waals surface area contributed by atoms with E-state index < -0.39 is 5.54 Å². The van der Waals surface area contributed by atoms with Gasteiger partial charge in [-0.2, -0.15) is 0 Å². The van der Waals surface area contributed by atoms with E-state index in [1.54, 1.807) is 23.2 Å². The first-order valence-corrected chi connectivity index (χ1v) is 11.7. The van der Waals surface area contributed by atoms with Crippen molar-refractivity contribution in [3.63, 3.8) is 0 Å². The molecule has 5 rings (SSSR count). The summed E-state index contributed by atoms with van der Waals surface area (Å²) in [6.45, 7) is 3.27. The van der Waals surface area contributed by atoms with Crippen molar-refractivity contribution in [2.45, 2.75) is 43.8 Å². The second-order valence-electron chi connectivity index (χ2n) is 9.24. The van der Waals surface area contributed by atoms with E-state index in [0.717, 1.165) is 31.5 Å². The lowest BCUT2D eigenvalue weighted by Gasteiger charge is -2.39. The predicted molar refractivity (Wildman–Crippen MR) is 122 cm³/mol. The Morgan fingerprint density at radius 3 is 2.58 bits per heavy atom. The van der Waals surface area contributed by atoms with Gasteiger partial charge in [0.1, 0.15) is 5.54 Å². The third kappa shape index (κ3) is 4.23. The minimum Gasteiger partial charge on any atom is -0.338 e. The Morgan fingerprint density at radius 1 is 1.06 bits per heavy atom. The third-order valence-corrected chi connectivity index (χ3v) is 7.09. The van der Waals surface area contributed by atoms with Gasteiger partial charge in [0, 0.05) is 44.1 Å². The Hall–Kier alpha value is -3.26. The topological polar surface area (TPSA) is 85.8 Å². The molecule has 0 saturated carbocycles. The summed E-state index contributed by atoms with van der Waals surface area (Å²) in [6.07, 6.45) is 6.26. The van der Waals surface area contributed by atoms with Gasteiger partial charge in [-0.05, 0) is 56.0 Å². The van der Waals surface area contributed by atoms with Crippen molar-refractivity contribution >= 4 is 17.8 Å². The third-order valence-electron chi connectivity index (χ3n) is 7.09. The van der Waals surface area contributed by atoms with Crippen LogP contribution in [0.2, 0.25) is 0 Å². The van der Waals surface area contributed by atoms with E-state index in [4.69, 9.17) is 0 Å². The van der Waals surface area contributed by atoms with Crippen LogP contribution in [0, 0.1) is 0 Å². The zero-order valence-electron chi connectivity index (χ0n) is 18.7.